The normalized spacial score (nSPS) is 13.4. The van der Waals surface area contributed by atoms with Gasteiger partial charge in [-0.3, -0.25) is 0 Å². The number of nitrogens with two attached hydrogens (primary N) is 1. The first-order valence-corrected chi connectivity index (χ1v) is 6.81. The molecule has 0 aliphatic carbocycles. The Labute approximate surface area is 119 Å². The first-order chi connectivity index (χ1) is 9.41. The molecule has 2 aromatic rings. The third-order valence-corrected chi connectivity index (χ3v) is 3.37. The van der Waals surface area contributed by atoms with Crippen molar-refractivity contribution < 1.29 is 5.11 Å². The van der Waals surface area contributed by atoms with Crippen LogP contribution in [0.1, 0.15) is 27.2 Å². The maximum Gasteiger partial charge on any atom is 0.169 e. The van der Waals surface area contributed by atoms with Gasteiger partial charge in [-0.25, -0.2) is 9.97 Å². The van der Waals surface area contributed by atoms with E-state index >= 15 is 0 Å². The Kier molecular flexibility index (Phi) is 4.09. The largest absolute Gasteiger partial charge is 0.396 e. The number of rotatable bonds is 4. The van der Waals surface area contributed by atoms with Crippen molar-refractivity contribution in [1.82, 2.24) is 9.97 Å². The molecule has 0 saturated heterocycles. The second kappa shape index (κ2) is 5.63. The molecule has 0 spiro atoms. The highest BCUT2D eigenvalue weighted by molar-refractivity contribution is 5.79. The molecule has 5 heteroatoms. The second-order valence-corrected chi connectivity index (χ2v) is 6.02. The quantitative estimate of drug-likeness (QED) is 0.797. The molecule has 0 aliphatic heterocycles. The van der Waals surface area contributed by atoms with Gasteiger partial charge in [0.25, 0.3) is 0 Å². The van der Waals surface area contributed by atoms with Crippen molar-refractivity contribution in [3.05, 3.63) is 24.3 Å². The van der Waals surface area contributed by atoms with Gasteiger partial charge in [0.1, 0.15) is 0 Å². The van der Waals surface area contributed by atoms with Crippen LogP contribution in [0.5, 0.6) is 0 Å². The van der Waals surface area contributed by atoms with Crippen molar-refractivity contribution >= 4 is 22.7 Å². The number of anilines is 2. The van der Waals surface area contributed by atoms with Crippen LogP contribution in [-0.4, -0.2) is 27.7 Å². The van der Waals surface area contributed by atoms with Gasteiger partial charge in [-0.05, 0) is 24.0 Å². The van der Waals surface area contributed by atoms with E-state index in [0.717, 1.165) is 11.0 Å². The first kappa shape index (κ1) is 14.5. The second-order valence-electron chi connectivity index (χ2n) is 6.02. The molecule has 0 radical (unpaired) electrons. The molecule has 4 N–H and O–H groups in total. The number of nitrogen functional groups attached to an aromatic ring is 1. The highest BCUT2D eigenvalue weighted by Crippen LogP contribution is 2.27. The summed E-state index contributed by atoms with van der Waals surface area (Å²) in [6, 6.07) is 7.70. The lowest BCUT2D eigenvalue weighted by molar-refractivity contribution is 0.235. The van der Waals surface area contributed by atoms with Gasteiger partial charge in [-0.1, -0.05) is 32.9 Å². The lowest BCUT2D eigenvalue weighted by Gasteiger charge is -2.31. The van der Waals surface area contributed by atoms with Gasteiger partial charge in [0.15, 0.2) is 11.6 Å². The number of benzene rings is 1. The molecule has 20 heavy (non-hydrogen) atoms. The van der Waals surface area contributed by atoms with Gasteiger partial charge in [0, 0.05) is 12.6 Å². The third kappa shape index (κ3) is 3.17. The van der Waals surface area contributed by atoms with E-state index in [1.165, 1.54) is 0 Å². The van der Waals surface area contributed by atoms with Gasteiger partial charge in [-0.2, -0.15) is 0 Å². The zero-order valence-corrected chi connectivity index (χ0v) is 12.2. The van der Waals surface area contributed by atoms with E-state index in [1.807, 2.05) is 24.3 Å². The Morgan fingerprint density at radius 3 is 2.35 bits per heavy atom. The average Bonchev–Trinajstić information content (AvgIpc) is 2.37. The predicted octanol–water partition coefficient (Wildman–Crippen LogP) is 2.42. The fraction of sp³-hybridized carbons (Fsp3) is 0.467. The molecule has 0 fully saturated rings. The number of fused-ring (bicyclic) bond motifs is 1. The van der Waals surface area contributed by atoms with E-state index in [1.54, 1.807) is 0 Å². The SMILES string of the molecule is CC(C)(C)C(CCO)Nc1nc2ccccc2nc1N. The molecular formula is C15H22N4O. The smallest absolute Gasteiger partial charge is 0.169 e. The lowest BCUT2D eigenvalue weighted by Crippen LogP contribution is -2.35. The first-order valence-electron chi connectivity index (χ1n) is 6.81. The standard InChI is InChI=1S/C15H22N4O/c1-15(2,3)12(8-9-20)19-14-13(16)17-10-6-4-5-7-11(10)18-14/h4-7,12,20H,8-9H2,1-3H3,(H2,16,17)(H,18,19). The van der Waals surface area contributed by atoms with E-state index in [2.05, 4.69) is 36.1 Å². The Balaban J connectivity index is 2.34. The molecule has 1 heterocycles. The van der Waals surface area contributed by atoms with Crippen LogP contribution < -0.4 is 11.1 Å². The Morgan fingerprint density at radius 2 is 1.80 bits per heavy atom. The summed E-state index contributed by atoms with van der Waals surface area (Å²) in [4.78, 5) is 8.89. The molecular weight excluding hydrogens is 252 g/mol. The van der Waals surface area contributed by atoms with Gasteiger partial charge >= 0.3 is 0 Å². The van der Waals surface area contributed by atoms with Crippen molar-refractivity contribution in [2.45, 2.75) is 33.2 Å². The number of hydrogen-bond donors (Lipinski definition) is 3. The summed E-state index contributed by atoms with van der Waals surface area (Å²) in [6.45, 7) is 6.47. The van der Waals surface area contributed by atoms with Crippen molar-refractivity contribution in [1.29, 1.82) is 0 Å². The summed E-state index contributed by atoms with van der Waals surface area (Å²) in [7, 11) is 0. The number of aromatic nitrogens is 2. The number of nitrogens with zero attached hydrogens (tertiary/aromatic N) is 2. The van der Waals surface area contributed by atoms with E-state index in [4.69, 9.17) is 5.73 Å². The maximum absolute atomic E-state index is 9.21. The monoisotopic (exact) mass is 274 g/mol. The van der Waals surface area contributed by atoms with Crippen molar-refractivity contribution in [2.75, 3.05) is 17.7 Å². The number of para-hydroxylation sites is 2. The highest BCUT2D eigenvalue weighted by Gasteiger charge is 2.25. The number of aliphatic hydroxyl groups excluding tert-OH is 1. The Bertz CT molecular complexity index is 592. The van der Waals surface area contributed by atoms with Crippen molar-refractivity contribution in [3.63, 3.8) is 0 Å². The van der Waals surface area contributed by atoms with Gasteiger partial charge in [0.2, 0.25) is 0 Å². The molecule has 108 valence electrons. The molecule has 0 aliphatic rings. The van der Waals surface area contributed by atoms with E-state index in [9.17, 15) is 5.11 Å². The molecule has 1 aromatic heterocycles. The predicted molar refractivity (Wildman–Crippen MR) is 82.5 cm³/mol. The van der Waals surface area contributed by atoms with Crippen LogP contribution in [0.3, 0.4) is 0 Å². The summed E-state index contributed by atoms with van der Waals surface area (Å²) in [5.74, 6) is 0.966. The molecule has 1 atom stereocenters. The Morgan fingerprint density at radius 1 is 1.20 bits per heavy atom. The molecule has 1 aromatic carbocycles. The van der Waals surface area contributed by atoms with Crippen molar-refractivity contribution in [2.24, 2.45) is 5.41 Å². The fourth-order valence-electron chi connectivity index (χ4n) is 2.14. The molecule has 2 rings (SSSR count). The molecule has 0 bridgehead atoms. The minimum absolute atomic E-state index is 0.0114. The molecule has 1 unspecified atom stereocenters. The summed E-state index contributed by atoms with van der Waals surface area (Å²) in [5, 5.41) is 12.5. The number of hydrogen-bond acceptors (Lipinski definition) is 5. The number of nitrogens with one attached hydrogen (secondary N) is 1. The highest BCUT2D eigenvalue weighted by atomic mass is 16.3. The minimum Gasteiger partial charge on any atom is -0.396 e. The van der Waals surface area contributed by atoms with E-state index < -0.39 is 0 Å². The van der Waals surface area contributed by atoms with Crippen LogP contribution in [0.4, 0.5) is 11.6 Å². The van der Waals surface area contributed by atoms with E-state index in [0.29, 0.717) is 18.1 Å². The van der Waals surface area contributed by atoms with Gasteiger partial charge < -0.3 is 16.2 Å². The summed E-state index contributed by atoms with van der Waals surface area (Å²) >= 11 is 0. The zero-order valence-electron chi connectivity index (χ0n) is 12.2. The van der Waals surface area contributed by atoms with Crippen LogP contribution in [0.15, 0.2) is 24.3 Å². The zero-order chi connectivity index (χ0) is 14.8. The molecule has 5 nitrogen and oxygen atoms in total. The Hall–Kier alpha value is -1.88. The molecule has 0 amide bonds. The fourth-order valence-corrected chi connectivity index (χ4v) is 2.14. The summed E-state index contributed by atoms with van der Waals surface area (Å²) < 4.78 is 0. The van der Waals surface area contributed by atoms with Crippen LogP contribution in [0.2, 0.25) is 0 Å². The lowest BCUT2D eigenvalue weighted by atomic mass is 9.85. The van der Waals surface area contributed by atoms with Crippen LogP contribution in [0, 0.1) is 5.41 Å². The minimum atomic E-state index is -0.0114. The average molecular weight is 274 g/mol. The van der Waals surface area contributed by atoms with Gasteiger partial charge in [0.05, 0.1) is 11.0 Å². The maximum atomic E-state index is 9.21. The summed E-state index contributed by atoms with van der Waals surface area (Å²) in [5.41, 5.74) is 7.55. The summed E-state index contributed by atoms with van der Waals surface area (Å²) in [6.07, 6.45) is 0.636. The van der Waals surface area contributed by atoms with Crippen LogP contribution in [0.25, 0.3) is 11.0 Å². The van der Waals surface area contributed by atoms with Crippen LogP contribution in [-0.2, 0) is 0 Å². The van der Waals surface area contributed by atoms with Gasteiger partial charge in [-0.15, -0.1) is 0 Å². The molecule has 0 saturated carbocycles. The van der Waals surface area contributed by atoms with Crippen LogP contribution >= 0.6 is 0 Å². The number of aliphatic hydroxyl groups is 1. The topological polar surface area (TPSA) is 84.1 Å². The van der Waals surface area contributed by atoms with E-state index in [-0.39, 0.29) is 18.1 Å². The van der Waals surface area contributed by atoms with Crippen molar-refractivity contribution in [3.8, 4) is 0 Å². The third-order valence-electron chi connectivity index (χ3n) is 3.37.